The molecular weight excluding hydrogens is 255 g/mol. The van der Waals surface area contributed by atoms with Crippen LogP contribution in [0, 0.1) is 0 Å². The molecule has 0 amide bonds. The molecule has 0 aromatic rings. The first-order valence-corrected chi connectivity index (χ1v) is 0. The molecule has 5 heteroatoms. The molecule has 0 spiro atoms. The zero-order valence-electron chi connectivity index (χ0n) is 1.44. The van der Waals surface area contributed by atoms with Crippen LogP contribution in [0.5, 0.6) is 0 Å². The second kappa shape index (κ2) is 30.2. The van der Waals surface area contributed by atoms with E-state index in [1.54, 1.807) is 0 Å². The van der Waals surface area contributed by atoms with Crippen molar-refractivity contribution in [1.82, 2.24) is 0 Å². The van der Waals surface area contributed by atoms with E-state index in [0.717, 1.165) is 0 Å². The fraction of sp³-hybridized carbons (Fsp3) is 0. The Kier molecular flexibility index (Phi) is 291. The third-order valence-electron chi connectivity index (χ3n) is 0. The average molecular weight is 258 g/mol. The molecule has 0 saturated carbocycles. The van der Waals surface area contributed by atoms with Crippen molar-refractivity contribution in [3.63, 3.8) is 0 Å². The van der Waals surface area contributed by atoms with E-state index in [-0.39, 0.29) is 86.5 Å². The van der Waals surface area contributed by atoms with Crippen LogP contribution in [0.4, 0.5) is 0 Å². The predicted molar refractivity (Wildman–Crippen MR) is 9.94 cm³/mol. The van der Waals surface area contributed by atoms with E-state index in [9.17, 15) is 0 Å². The zero-order chi connectivity index (χ0) is 0. The van der Waals surface area contributed by atoms with Crippen LogP contribution in [0.25, 0.3) is 0 Å². The Morgan fingerprint density at radius 1 is 1.00 bits per heavy atom. The molecule has 0 aliphatic carbocycles. The van der Waals surface area contributed by atoms with E-state index in [1.165, 1.54) is 0 Å². The number of rotatable bonds is 0. The molecule has 0 unspecified atom stereocenters. The number of hydrogen-bond donors (Lipinski definition) is 0. The Bertz CT molecular complexity index is 11.6. The van der Waals surface area contributed by atoms with Crippen molar-refractivity contribution in [2.75, 3.05) is 0 Å². The molecule has 0 fully saturated rings. The normalized spacial score (nSPS) is 0. The van der Waals surface area contributed by atoms with Crippen molar-refractivity contribution < 1.29 is 69.2 Å². The largest absolute Gasteiger partial charge is 0.187 e. The summed E-state index contributed by atoms with van der Waals surface area (Å²) in [6, 6.07) is 0. The minimum Gasteiger partial charge on any atom is 0 e. The molecule has 39 valence electrons. The second-order valence-corrected chi connectivity index (χ2v) is 0. The van der Waals surface area contributed by atoms with E-state index in [1.807, 2.05) is 0 Å². The van der Waals surface area contributed by atoms with Crippen LogP contribution >= 0.6 is 0 Å². The van der Waals surface area contributed by atoms with Crippen LogP contribution < -0.4 is 0 Å². The van der Waals surface area contributed by atoms with Gasteiger partial charge in [-0.15, -0.1) is 0 Å². The first kappa shape index (κ1) is 48.2. The van der Waals surface area contributed by atoms with Gasteiger partial charge in [0.15, 0.2) is 17.4 Å². The SMILES string of the molecule is [AlH3].[Cu].[Mn].[Ni].[V]. The minimum atomic E-state index is 0. The van der Waals surface area contributed by atoms with Crippen molar-refractivity contribution >= 4 is 17.4 Å². The van der Waals surface area contributed by atoms with Gasteiger partial charge < -0.3 is 0 Å². The van der Waals surface area contributed by atoms with E-state index in [2.05, 4.69) is 0 Å². The molecule has 0 N–H and O–H groups in total. The van der Waals surface area contributed by atoms with Crippen LogP contribution in [-0.2, 0) is 69.2 Å². The molecule has 0 heterocycles. The summed E-state index contributed by atoms with van der Waals surface area (Å²) in [5.41, 5.74) is 0. The van der Waals surface area contributed by atoms with Gasteiger partial charge in [-0.2, -0.15) is 0 Å². The Balaban J connectivity index is 0. The smallest absolute Gasteiger partial charge is 0 e. The zero-order valence-corrected chi connectivity index (χ0v) is 5.95. The molecule has 5 heavy (non-hydrogen) atoms. The number of hydrogen-bond acceptors (Lipinski definition) is 0. The first-order chi connectivity index (χ1) is 0. The summed E-state index contributed by atoms with van der Waals surface area (Å²) < 4.78 is 0. The van der Waals surface area contributed by atoms with Gasteiger partial charge in [0, 0.05) is 69.2 Å². The van der Waals surface area contributed by atoms with Gasteiger partial charge in [0.1, 0.15) is 0 Å². The summed E-state index contributed by atoms with van der Waals surface area (Å²) in [7, 11) is 0. The predicted octanol–water partition coefficient (Wildman–Crippen LogP) is -1.19. The molecule has 0 atom stereocenters. The summed E-state index contributed by atoms with van der Waals surface area (Å²) in [5, 5.41) is 0. The Labute approximate surface area is 85.5 Å². The summed E-state index contributed by atoms with van der Waals surface area (Å²) in [6.45, 7) is 0. The molecule has 0 aromatic heterocycles. The van der Waals surface area contributed by atoms with Crippen molar-refractivity contribution in [2.24, 2.45) is 0 Å². The second-order valence-electron chi connectivity index (χ2n) is 0. The maximum Gasteiger partial charge on any atom is 0.187 e. The van der Waals surface area contributed by atoms with Crippen molar-refractivity contribution in [1.29, 1.82) is 0 Å². The molecule has 0 bridgehead atoms. The topological polar surface area (TPSA) is 0 Å². The molecule has 0 aromatic carbocycles. The maximum atomic E-state index is 0. The Morgan fingerprint density at radius 2 is 1.00 bits per heavy atom. The standard InChI is InChI=1S/Al.Cu.Mn.Ni.V.3H. The van der Waals surface area contributed by atoms with Gasteiger partial charge >= 0.3 is 0 Å². The Hall–Kier alpha value is 2.65. The van der Waals surface area contributed by atoms with Crippen LogP contribution in [0.3, 0.4) is 0 Å². The third kappa shape index (κ3) is 20.5. The van der Waals surface area contributed by atoms with Gasteiger partial charge in [0.25, 0.3) is 0 Å². The van der Waals surface area contributed by atoms with Crippen molar-refractivity contribution in [2.45, 2.75) is 0 Å². The fourth-order valence-corrected chi connectivity index (χ4v) is 0. The molecule has 0 nitrogen and oxygen atoms in total. The van der Waals surface area contributed by atoms with Gasteiger partial charge in [-0.3, -0.25) is 0 Å². The molecule has 0 aliphatic rings. The van der Waals surface area contributed by atoms with E-state index in [0.29, 0.717) is 0 Å². The minimum absolute atomic E-state index is 0. The molecule has 0 aliphatic heterocycles. The van der Waals surface area contributed by atoms with Gasteiger partial charge in [0.05, 0.1) is 0 Å². The fourth-order valence-electron chi connectivity index (χ4n) is 0. The third-order valence-corrected chi connectivity index (χ3v) is 0. The molecule has 0 rings (SSSR count). The van der Waals surface area contributed by atoms with E-state index in [4.69, 9.17) is 0 Å². The van der Waals surface area contributed by atoms with Crippen LogP contribution in [0.2, 0.25) is 0 Å². The first-order valence-electron chi connectivity index (χ1n) is 0. The summed E-state index contributed by atoms with van der Waals surface area (Å²) in [6.07, 6.45) is 0. The summed E-state index contributed by atoms with van der Waals surface area (Å²) in [4.78, 5) is 0. The molecular formula is H3AlCuMnNiV. The van der Waals surface area contributed by atoms with Gasteiger partial charge in [-0.25, -0.2) is 0 Å². The van der Waals surface area contributed by atoms with Crippen molar-refractivity contribution in [3.05, 3.63) is 0 Å². The Morgan fingerprint density at radius 3 is 1.00 bits per heavy atom. The molecule has 3 radical (unpaired) electrons. The summed E-state index contributed by atoms with van der Waals surface area (Å²) >= 11 is 0. The monoisotopic (exact) mass is 257 g/mol. The molecule has 0 saturated heterocycles. The van der Waals surface area contributed by atoms with Crippen molar-refractivity contribution in [3.8, 4) is 0 Å². The van der Waals surface area contributed by atoms with Crippen LogP contribution in [-0.4, -0.2) is 17.4 Å². The van der Waals surface area contributed by atoms with Gasteiger partial charge in [-0.05, 0) is 0 Å². The van der Waals surface area contributed by atoms with E-state index < -0.39 is 0 Å². The average Bonchev–Trinajstić information content (AvgIpc) is 0. The van der Waals surface area contributed by atoms with Gasteiger partial charge in [0.2, 0.25) is 0 Å². The van der Waals surface area contributed by atoms with Gasteiger partial charge in [-0.1, -0.05) is 0 Å². The van der Waals surface area contributed by atoms with Crippen LogP contribution in [0.1, 0.15) is 0 Å². The van der Waals surface area contributed by atoms with E-state index >= 15 is 0 Å². The quantitative estimate of drug-likeness (QED) is 0.479. The summed E-state index contributed by atoms with van der Waals surface area (Å²) in [5.74, 6) is 0. The van der Waals surface area contributed by atoms with Crippen LogP contribution in [0.15, 0.2) is 0 Å². The maximum absolute atomic E-state index is 0.